The van der Waals surface area contributed by atoms with E-state index in [1.807, 2.05) is 41.8 Å². The highest BCUT2D eigenvalue weighted by molar-refractivity contribution is 7.13. The quantitative estimate of drug-likeness (QED) is 0.937. The van der Waals surface area contributed by atoms with Crippen molar-refractivity contribution in [3.05, 3.63) is 41.4 Å². The number of nitrogens with one attached hydrogen (secondary N) is 1. The second-order valence-electron chi connectivity index (χ2n) is 5.10. The van der Waals surface area contributed by atoms with Crippen LogP contribution in [0.1, 0.15) is 5.69 Å². The molecule has 23 heavy (non-hydrogen) atoms. The third-order valence-corrected chi connectivity index (χ3v) is 4.43. The molecule has 2 aromatic rings. The lowest BCUT2D eigenvalue weighted by Crippen LogP contribution is -2.49. The molecule has 3 rings (SSSR count). The SMILES string of the molecule is N#CC1CN(C(=O)NCc2csc(-c3ccccc3)n2)CCO1. The number of hydrogen-bond acceptors (Lipinski definition) is 5. The molecule has 0 radical (unpaired) electrons. The number of aromatic nitrogens is 1. The molecule has 1 aliphatic rings. The van der Waals surface area contributed by atoms with E-state index in [-0.39, 0.29) is 6.03 Å². The summed E-state index contributed by atoms with van der Waals surface area (Å²) < 4.78 is 5.23. The minimum absolute atomic E-state index is 0.192. The Morgan fingerprint density at radius 2 is 2.30 bits per heavy atom. The number of thiazole rings is 1. The average molecular weight is 328 g/mol. The van der Waals surface area contributed by atoms with Gasteiger partial charge in [0.15, 0.2) is 6.10 Å². The summed E-state index contributed by atoms with van der Waals surface area (Å²) in [7, 11) is 0. The summed E-state index contributed by atoms with van der Waals surface area (Å²) in [4.78, 5) is 18.3. The Balaban J connectivity index is 1.55. The van der Waals surface area contributed by atoms with Crippen molar-refractivity contribution >= 4 is 17.4 Å². The van der Waals surface area contributed by atoms with Gasteiger partial charge in [0.2, 0.25) is 0 Å². The summed E-state index contributed by atoms with van der Waals surface area (Å²) in [6.45, 7) is 1.56. The minimum atomic E-state index is -0.543. The lowest BCUT2D eigenvalue weighted by Gasteiger charge is -2.29. The monoisotopic (exact) mass is 328 g/mol. The fourth-order valence-electron chi connectivity index (χ4n) is 2.29. The number of nitrogens with zero attached hydrogens (tertiary/aromatic N) is 3. The number of ether oxygens (including phenoxy) is 1. The molecular weight excluding hydrogens is 312 g/mol. The van der Waals surface area contributed by atoms with Gasteiger partial charge in [-0.25, -0.2) is 9.78 Å². The van der Waals surface area contributed by atoms with Crippen LogP contribution >= 0.6 is 11.3 Å². The van der Waals surface area contributed by atoms with Crippen LogP contribution in [0.15, 0.2) is 35.7 Å². The van der Waals surface area contributed by atoms with Gasteiger partial charge in [-0.05, 0) is 0 Å². The predicted molar refractivity (Wildman–Crippen MR) is 86.7 cm³/mol. The van der Waals surface area contributed by atoms with E-state index in [0.717, 1.165) is 16.3 Å². The summed E-state index contributed by atoms with van der Waals surface area (Å²) in [6.07, 6.45) is -0.543. The average Bonchev–Trinajstić information content (AvgIpc) is 3.09. The Hall–Kier alpha value is -2.43. The van der Waals surface area contributed by atoms with Crippen LogP contribution in [0.2, 0.25) is 0 Å². The molecule has 1 aromatic carbocycles. The van der Waals surface area contributed by atoms with Gasteiger partial charge in [-0.2, -0.15) is 5.26 Å². The van der Waals surface area contributed by atoms with E-state index < -0.39 is 6.10 Å². The van der Waals surface area contributed by atoms with Crippen molar-refractivity contribution in [3.63, 3.8) is 0 Å². The molecule has 2 heterocycles. The molecule has 1 fully saturated rings. The Labute approximate surface area is 138 Å². The van der Waals surface area contributed by atoms with E-state index in [1.54, 1.807) is 16.2 Å². The molecule has 7 heteroatoms. The molecule has 0 spiro atoms. The summed E-state index contributed by atoms with van der Waals surface area (Å²) in [6, 6.07) is 11.8. The zero-order valence-electron chi connectivity index (χ0n) is 12.4. The van der Waals surface area contributed by atoms with Crippen molar-refractivity contribution in [2.24, 2.45) is 0 Å². The maximum Gasteiger partial charge on any atom is 0.317 e. The first-order chi connectivity index (χ1) is 11.3. The minimum Gasteiger partial charge on any atom is -0.360 e. The van der Waals surface area contributed by atoms with Gasteiger partial charge in [-0.15, -0.1) is 11.3 Å². The van der Waals surface area contributed by atoms with Crippen molar-refractivity contribution in [2.75, 3.05) is 19.7 Å². The number of rotatable bonds is 3. The van der Waals surface area contributed by atoms with Crippen molar-refractivity contribution in [1.82, 2.24) is 15.2 Å². The van der Waals surface area contributed by atoms with Gasteiger partial charge in [0.25, 0.3) is 0 Å². The number of urea groups is 1. The highest BCUT2D eigenvalue weighted by Gasteiger charge is 2.23. The number of amides is 2. The highest BCUT2D eigenvalue weighted by Crippen LogP contribution is 2.23. The van der Waals surface area contributed by atoms with Crippen molar-refractivity contribution in [2.45, 2.75) is 12.6 Å². The molecule has 118 valence electrons. The number of carbonyl (C=O) groups excluding carboxylic acids is 1. The van der Waals surface area contributed by atoms with E-state index in [2.05, 4.69) is 10.3 Å². The zero-order valence-corrected chi connectivity index (χ0v) is 13.3. The van der Waals surface area contributed by atoms with E-state index >= 15 is 0 Å². The van der Waals surface area contributed by atoms with Crippen LogP contribution in [0.4, 0.5) is 4.79 Å². The van der Waals surface area contributed by atoms with Gasteiger partial charge in [0.05, 0.1) is 31.5 Å². The third-order valence-electron chi connectivity index (χ3n) is 3.49. The van der Waals surface area contributed by atoms with Crippen molar-refractivity contribution in [1.29, 1.82) is 5.26 Å². The molecule has 0 saturated carbocycles. The Morgan fingerprint density at radius 3 is 3.09 bits per heavy atom. The van der Waals surface area contributed by atoms with Crippen LogP contribution in [0, 0.1) is 11.3 Å². The van der Waals surface area contributed by atoms with Gasteiger partial charge in [-0.1, -0.05) is 30.3 Å². The largest absolute Gasteiger partial charge is 0.360 e. The molecule has 6 nitrogen and oxygen atoms in total. The van der Waals surface area contributed by atoms with Crippen LogP contribution in [0.25, 0.3) is 10.6 Å². The van der Waals surface area contributed by atoms with Crippen molar-refractivity contribution in [3.8, 4) is 16.6 Å². The fourth-order valence-corrected chi connectivity index (χ4v) is 3.12. The highest BCUT2D eigenvalue weighted by atomic mass is 32.1. The second kappa shape index (κ2) is 7.22. The lowest BCUT2D eigenvalue weighted by molar-refractivity contribution is 0.0157. The molecule has 1 N–H and O–H groups in total. The number of benzene rings is 1. The molecule has 1 aliphatic heterocycles. The van der Waals surface area contributed by atoms with Crippen LogP contribution < -0.4 is 5.32 Å². The molecule has 0 aliphatic carbocycles. The third kappa shape index (κ3) is 3.86. The van der Waals surface area contributed by atoms with Gasteiger partial charge >= 0.3 is 6.03 Å². The number of carbonyl (C=O) groups is 1. The fraction of sp³-hybridized carbons (Fsp3) is 0.312. The van der Waals surface area contributed by atoms with Gasteiger partial charge in [-0.3, -0.25) is 0 Å². The van der Waals surface area contributed by atoms with Crippen molar-refractivity contribution < 1.29 is 9.53 Å². The lowest BCUT2D eigenvalue weighted by atomic mass is 10.2. The van der Waals surface area contributed by atoms with Gasteiger partial charge in [0, 0.05) is 17.5 Å². The number of hydrogen-bond donors (Lipinski definition) is 1. The smallest absolute Gasteiger partial charge is 0.317 e. The van der Waals surface area contributed by atoms with E-state index in [1.165, 1.54) is 0 Å². The summed E-state index contributed by atoms with van der Waals surface area (Å²) in [5, 5.41) is 14.6. The molecular formula is C16H16N4O2S. The van der Waals surface area contributed by atoms with Gasteiger partial charge in [0.1, 0.15) is 5.01 Å². The molecule has 1 saturated heterocycles. The summed E-state index contributed by atoms with van der Waals surface area (Å²) in [5.41, 5.74) is 1.90. The van der Waals surface area contributed by atoms with Crippen LogP contribution in [0.3, 0.4) is 0 Å². The van der Waals surface area contributed by atoms with Crippen LogP contribution in [0.5, 0.6) is 0 Å². The number of morpholine rings is 1. The summed E-state index contributed by atoms with van der Waals surface area (Å²) in [5.74, 6) is 0. The summed E-state index contributed by atoms with van der Waals surface area (Å²) >= 11 is 1.55. The molecule has 2 amide bonds. The molecule has 1 aromatic heterocycles. The van der Waals surface area contributed by atoms with E-state index in [0.29, 0.717) is 26.2 Å². The number of nitriles is 1. The maximum atomic E-state index is 12.1. The van der Waals surface area contributed by atoms with E-state index in [9.17, 15) is 4.79 Å². The standard InChI is InChI=1S/C16H16N4O2S/c17-8-14-10-20(6-7-22-14)16(21)18-9-13-11-23-15(19-13)12-4-2-1-3-5-12/h1-5,11,14H,6-7,9-10H2,(H,18,21). The first-order valence-corrected chi connectivity index (χ1v) is 8.18. The first-order valence-electron chi connectivity index (χ1n) is 7.30. The predicted octanol–water partition coefficient (Wildman–Crippen LogP) is 2.24. The normalized spacial score (nSPS) is 17.5. The Bertz CT molecular complexity index is 710. The topological polar surface area (TPSA) is 78.3 Å². The van der Waals surface area contributed by atoms with Gasteiger partial charge < -0.3 is 15.0 Å². The molecule has 1 atom stereocenters. The second-order valence-corrected chi connectivity index (χ2v) is 5.96. The first kappa shape index (κ1) is 15.5. The maximum absolute atomic E-state index is 12.1. The zero-order chi connectivity index (χ0) is 16.1. The van der Waals surface area contributed by atoms with Crippen LogP contribution in [-0.2, 0) is 11.3 Å². The van der Waals surface area contributed by atoms with Crippen LogP contribution in [-0.4, -0.2) is 41.7 Å². The molecule has 1 unspecified atom stereocenters. The Kier molecular flexibility index (Phi) is 4.86. The Morgan fingerprint density at radius 1 is 1.48 bits per heavy atom. The molecule has 0 bridgehead atoms. The van der Waals surface area contributed by atoms with E-state index in [4.69, 9.17) is 10.00 Å².